The Hall–Kier alpha value is -4.12. The number of phosphoric acid groups is 1. The third kappa shape index (κ3) is 56.6. The highest BCUT2D eigenvalue weighted by Gasteiger charge is 2.28. The molecule has 12 heteroatoms. The molecule has 0 spiro atoms. The molecule has 2 N–H and O–H groups in total. The fraction of sp³-hybridized carbons (Fsp3) is 0.652. The minimum atomic E-state index is -4.79. The lowest BCUT2D eigenvalue weighted by atomic mass is 10.0. The van der Waals surface area contributed by atoms with E-state index in [1.165, 1.54) is 96.3 Å². The SMILES string of the molecule is CC/C=C\C/C=C\C/C=C\C/C=C\C/C=C\C/C=C\CCC(=O)OCC(COP(=O)(O)OCC(CO)OC(=O)CC/C=C\C/C=C\C/C=C\C/C=C\CC)OC(=O)CCCCCCCCCCCCCCCCCCCCC. The lowest BCUT2D eigenvalue weighted by Crippen LogP contribution is -2.30. The van der Waals surface area contributed by atoms with Gasteiger partial charge in [0.05, 0.1) is 19.8 Å². The number of ether oxygens (including phenoxy) is 3. The van der Waals surface area contributed by atoms with E-state index in [0.717, 1.165) is 83.5 Å². The van der Waals surface area contributed by atoms with Crippen LogP contribution < -0.4 is 0 Å². The van der Waals surface area contributed by atoms with Crippen molar-refractivity contribution in [1.29, 1.82) is 0 Å². The van der Waals surface area contributed by atoms with Crippen LogP contribution in [0, 0.1) is 0 Å². The molecule has 0 aromatic carbocycles. The second-order valence-electron chi connectivity index (χ2n) is 19.8. The molecule has 0 fully saturated rings. The van der Waals surface area contributed by atoms with Crippen molar-refractivity contribution in [3.63, 3.8) is 0 Å². The third-order valence-electron chi connectivity index (χ3n) is 12.4. The second kappa shape index (κ2) is 59.0. The van der Waals surface area contributed by atoms with Gasteiger partial charge < -0.3 is 24.2 Å². The van der Waals surface area contributed by atoms with Crippen LogP contribution in [0.5, 0.6) is 0 Å². The first kappa shape index (κ1) is 73.9. The molecule has 0 bridgehead atoms. The predicted octanol–water partition coefficient (Wildman–Crippen LogP) is 18.4. The normalized spacial score (nSPS) is 14.2. The largest absolute Gasteiger partial charge is 0.472 e. The van der Waals surface area contributed by atoms with Crippen LogP contribution in [0.1, 0.15) is 239 Å². The van der Waals surface area contributed by atoms with Crippen molar-refractivity contribution in [2.24, 2.45) is 0 Å². The number of phosphoric ester groups is 1. The Morgan fingerprint density at radius 3 is 1.03 bits per heavy atom. The summed E-state index contributed by atoms with van der Waals surface area (Å²) in [5.74, 6) is -1.66. The molecule has 0 amide bonds. The molecule has 11 nitrogen and oxygen atoms in total. The van der Waals surface area contributed by atoms with Gasteiger partial charge in [-0.1, -0.05) is 258 Å². The van der Waals surface area contributed by atoms with Crippen molar-refractivity contribution in [3.05, 3.63) is 122 Å². The summed E-state index contributed by atoms with van der Waals surface area (Å²) in [6, 6.07) is 0. The number of aliphatic hydroxyl groups is 1. The van der Waals surface area contributed by atoms with Crippen LogP contribution in [-0.4, -0.2) is 66.5 Å². The molecule has 0 aliphatic rings. The van der Waals surface area contributed by atoms with Crippen molar-refractivity contribution in [1.82, 2.24) is 0 Å². The minimum absolute atomic E-state index is 0.0463. The van der Waals surface area contributed by atoms with Gasteiger partial charge in [0.25, 0.3) is 0 Å². The highest BCUT2D eigenvalue weighted by atomic mass is 31.2. The van der Waals surface area contributed by atoms with E-state index in [9.17, 15) is 28.9 Å². The number of carbonyl (C=O) groups excluding carboxylic acids is 3. The molecule has 0 aromatic heterocycles. The summed E-state index contributed by atoms with van der Waals surface area (Å²) in [5, 5.41) is 9.80. The van der Waals surface area contributed by atoms with E-state index < -0.39 is 57.8 Å². The molecule has 3 atom stereocenters. The summed E-state index contributed by atoms with van der Waals surface area (Å²) >= 11 is 0. The first-order chi connectivity index (χ1) is 38.2. The maximum atomic E-state index is 12.9. The van der Waals surface area contributed by atoms with Gasteiger partial charge in [-0.2, -0.15) is 0 Å². The van der Waals surface area contributed by atoms with E-state index in [2.05, 4.69) is 112 Å². The Labute approximate surface area is 475 Å². The first-order valence-electron chi connectivity index (χ1n) is 30.4. The first-order valence-corrected chi connectivity index (χ1v) is 31.9. The average Bonchev–Trinajstić information content (AvgIpc) is 3.43. The van der Waals surface area contributed by atoms with Crippen LogP contribution in [0.4, 0.5) is 0 Å². The summed E-state index contributed by atoms with van der Waals surface area (Å²) in [6.45, 7) is 4.26. The molecule has 3 unspecified atom stereocenters. The fourth-order valence-electron chi connectivity index (χ4n) is 7.87. The maximum absolute atomic E-state index is 12.9. The highest BCUT2D eigenvalue weighted by molar-refractivity contribution is 7.47. The van der Waals surface area contributed by atoms with Crippen molar-refractivity contribution >= 4 is 25.7 Å². The number of carbonyl (C=O) groups is 3. The van der Waals surface area contributed by atoms with Crippen LogP contribution in [0.25, 0.3) is 0 Å². The van der Waals surface area contributed by atoms with Gasteiger partial charge in [0.15, 0.2) is 6.10 Å². The molecule has 0 aliphatic heterocycles. The lowest BCUT2D eigenvalue weighted by Gasteiger charge is -2.21. The van der Waals surface area contributed by atoms with Crippen LogP contribution in [0.2, 0.25) is 0 Å². The molecular formula is C66H109O11P. The molecule has 444 valence electrons. The van der Waals surface area contributed by atoms with Gasteiger partial charge in [-0.25, -0.2) is 4.57 Å². The minimum Gasteiger partial charge on any atom is -0.462 e. The van der Waals surface area contributed by atoms with Crippen LogP contribution in [0.15, 0.2) is 122 Å². The highest BCUT2D eigenvalue weighted by Crippen LogP contribution is 2.43. The van der Waals surface area contributed by atoms with Crippen molar-refractivity contribution in [2.75, 3.05) is 26.4 Å². The number of rotatable bonds is 55. The summed E-state index contributed by atoms with van der Waals surface area (Å²) in [6.07, 6.45) is 73.4. The number of allylic oxidation sites excluding steroid dienone is 20. The maximum Gasteiger partial charge on any atom is 0.472 e. The number of hydrogen-bond acceptors (Lipinski definition) is 10. The molecule has 0 aromatic rings. The Balaban J connectivity index is 4.86. The Kier molecular flexibility index (Phi) is 55.9. The van der Waals surface area contributed by atoms with E-state index in [4.69, 9.17) is 23.3 Å². The third-order valence-corrected chi connectivity index (χ3v) is 13.4. The van der Waals surface area contributed by atoms with Crippen LogP contribution in [0.3, 0.4) is 0 Å². The van der Waals surface area contributed by atoms with Gasteiger partial charge in [-0.15, -0.1) is 0 Å². The van der Waals surface area contributed by atoms with E-state index in [1.54, 1.807) is 0 Å². The molecule has 78 heavy (non-hydrogen) atoms. The van der Waals surface area contributed by atoms with Gasteiger partial charge in [0.1, 0.15) is 12.7 Å². The number of esters is 3. The van der Waals surface area contributed by atoms with Crippen LogP contribution in [-0.2, 0) is 42.2 Å². The van der Waals surface area contributed by atoms with Gasteiger partial charge >= 0.3 is 25.7 Å². The summed E-state index contributed by atoms with van der Waals surface area (Å²) in [7, 11) is -4.79. The number of hydrogen-bond donors (Lipinski definition) is 2. The van der Waals surface area contributed by atoms with E-state index in [-0.39, 0.29) is 25.9 Å². The zero-order chi connectivity index (χ0) is 56.9. The molecule has 0 saturated heterocycles. The van der Waals surface area contributed by atoms with Gasteiger partial charge in [0.2, 0.25) is 0 Å². The van der Waals surface area contributed by atoms with E-state index in [1.807, 2.05) is 30.4 Å². The standard InChI is InChI=1S/C66H109O11P/c1-4-7-10-13-16-19-22-25-27-29-31-33-35-38-40-43-46-49-52-55-64(68)73-59-63(77-66(70)57-54-51-48-45-42-39-36-34-32-30-28-26-23-20-17-14-11-8-5-2)61-75-78(71,72)74-60-62(58-67)76-65(69)56-53-50-47-44-41-37-24-21-18-15-12-9-6-3/h7,9-10,12,16,18-19,21,25,27,31,33,37-38,40-41,46-47,49-50,62-63,67H,4-6,8,11,13-15,17,20,22-24,26,28-30,32,34-36,39,42-45,48,51-61H2,1-3H3,(H,71,72)/b10-7-,12-9-,19-16-,21-18-,27-25-,33-31-,40-38-,41-37-,49-46-,50-47-. The van der Waals surface area contributed by atoms with Crippen LogP contribution >= 0.6 is 7.82 Å². The van der Waals surface area contributed by atoms with Crippen molar-refractivity contribution < 1.29 is 52.2 Å². The molecule has 0 rings (SSSR count). The fourth-order valence-corrected chi connectivity index (χ4v) is 8.65. The van der Waals surface area contributed by atoms with E-state index >= 15 is 0 Å². The zero-order valence-corrected chi connectivity index (χ0v) is 50.0. The molecule has 0 saturated carbocycles. The smallest absolute Gasteiger partial charge is 0.462 e. The molecular weight excluding hydrogens is 1000 g/mol. The van der Waals surface area contributed by atoms with Gasteiger partial charge in [-0.05, 0) is 83.5 Å². The number of aliphatic hydroxyl groups excluding tert-OH is 1. The topological polar surface area (TPSA) is 155 Å². The Morgan fingerprint density at radius 2 is 0.667 bits per heavy atom. The lowest BCUT2D eigenvalue weighted by molar-refractivity contribution is -0.161. The molecule has 0 heterocycles. The zero-order valence-electron chi connectivity index (χ0n) is 49.1. The summed E-state index contributed by atoms with van der Waals surface area (Å²) < 4.78 is 39.4. The van der Waals surface area contributed by atoms with Gasteiger partial charge in [-0.3, -0.25) is 23.4 Å². The molecule has 0 aliphatic carbocycles. The quantitative estimate of drug-likeness (QED) is 0.0197. The van der Waals surface area contributed by atoms with Crippen molar-refractivity contribution in [2.45, 2.75) is 251 Å². The van der Waals surface area contributed by atoms with Gasteiger partial charge in [0, 0.05) is 19.3 Å². The second-order valence-corrected chi connectivity index (χ2v) is 21.2. The monoisotopic (exact) mass is 1110 g/mol. The Bertz CT molecular complexity index is 1770. The average molecular weight is 1110 g/mol. The van der Waals surface area contributed by atoms with E-state index in [0.29, 0.717) is 19.3 Å². The molecule has 0 radical (unpaired) electrons. The number of unbranched alkanes of at least 4 members (excludes halogenated alkanes) is 18. The summed E-state index contributed by atoms with van der Waals surface area (Å²) in [5.41, 5.74) is 0. The Morgan fingerprint density at radius 1 is 0.372 bits per heavy atom. The predicted molar refractivity (Wildman–Crippen MR) is 325 cm³/mol. The summed E-state index contributed by atoms with van der Waals surface area (Å²) in [4.78, 5) is 48.6. The van der Waals surface area contributed by atoms with Crippen molar-refractivity contribution in [3.8, 4) is 0 Å².